The molecule has 5 heteroatoms. The molecule has 0 saturated carbocycles. The molecule has 0 amide bonds. The lowest BCUT2D eigenvalue weighted by Crippen LogP contribution is -2.09. The average Bonchev–Trinajstić information content (AvgIpc) is 2.36. The molecule has 94 valence electrons. The number of hydrogen-bond acceptors (Lipinski definition) is 4. The number of hydrogen-bond donors (Lipinski definition) is 0. The van der Waals surface area contributed by atoms with E-state index in [1.807, 2.05) is 13.8 Å². The Bertz CT molecular complexity index is 414. The minimum Gasteiger partial charge on any atom is -0.306 e. The van der Waals surface area contributed by atoms with Crippen LogP contribution in [-0.2, 0) is 13.6 Å². The number of carbonyl (C=O) groups is 1. The van der Waals surface area contributed by atoms with E-state index in [0.29, 0.717) is 5.56 Å². The molecule has 0 saturated heterocycles. The predicted molar refractivity (Wildman–Crippen MR) is 66.2 cm³/mol. The molecule has 0 heterocycles. The molecule has 4 nitrogen and oxygen atoms in total. The first-order valence-electron chi connectivity index (χ1n) is 5.40. The first kappa shape index (κ1) is 14.1. The summed E-state index contributed by atoms with van der Waals surface area (Å²) in [5.74, 6) is 0.182. The van der Waals surface area contributed by atoms with Crippen molar-refractivity contribution in [3.63, 3.8) is 0 Å². The van der Waals surface area contributed by atoms with Gasteiger partial charge in [-0.05, 0) is 5.92 Å². The van der Waals surface area contributed by atoms with E-state index < -0.39 is 13.1 Å². The summed E-state index contributed by atoms with van der Waals surface area (Å²) < 4.78 is 22.1. The van der Waals surface area contributed by atoms with E-state index in [4.69, 9.17) is 9.05 Å². The van der Waals surface area contributed by atoms with Crippen LogP contribution in [0.2, 0.25) is 0 Å². The van der Waals surface area contributed by atoms with Gasteiger partial charge >= 0.3 is 7.60 Å². The summed E-state index contributed by atoms with van der Waals surface area (Å²) in [6.45, 7) is 4.05. The Labute approximate surface area is 101 Å². The Morgan fingerprint density at radius 2 is 1.88 bits per heavy atom. The van der Waals surface area contributed by atoms with E-state index in [-0.39, 0.29) is 12.5 Å². The average molecular weight is 256 g/mol. The minimum absolute atomic E-state index is 0.182. The van der Waals surface area contributed by atoms with Gasteiger partial charge < -0.3 is 9.05 Å². The predicted octanol–water partition coefficient (Wildman–Crippen LogP) is 3.34. The van der Waals surface area contributed by atoms with Crippen LogP contribution in [0.5, 0.6) is 0 Å². The summed E-state index contributed by atoms with van der Waals surface area (Å²) in [6.07, 6.45) is 0. The summed E-state index contributed by atoms with van der Waals surface area (Å²) in [7, 11) is -2.48. The molecule has 0 spiro atoms. The van der Waals surface area contributed by atoms with Crippen molar-refractivity contribution in [2.24, 2.45) is 5.92 Å². The van der Waals surface area contributed by atoms with Gasteiger partial charge in [-0.2, -0.15) is 0 Å². The van der Waals surface area contributed by atoms with Crippen molar-refractivity contribution in [3.8, 4) is 0 Å². The second-order valence-corrected chi connectivity index (χ2v) is 6.07. The van der Waals surface area contributed by atoms with E-state index in [0.717, 1.165) is 0 Å². The smallest absolute Gasteiger partial charge is 0.306 e. The lowest BCUT2D eigenvalue weighted by molar-refractivity contribution is 0.100. The van der Waals surface area contributed by atoms with E-state index in [1.165, 1.54) is 7.11 Å². The highest BCUT2D eigenvalue weighted by Crippen LogP contribution is 2.50. The zero-order valence-corrected chi connectivity index (χ0v) is 11.1. The van der Waals surface area contributed by atoms with Crippen molar-refractivity contribution in [1.29, 1.82) is 0 Å². The monoisotopic (exact) mass is 256 g/mol. The summed E-state index contributed by atoms with van der Waals surface area (Å²) in [4.78, 5) is 12.0. The standard InChI is InChI=1S/C12H17O4P/c1-10(2)9-16-17(14,15-3)12(13)11-7-5-4-6-8-11/h4-8,10H,9H2,1-3H3. The van der Waals surface area contributed by atoms with Gasteiger partial charge in [0, 0.05) is 12.7 Å². The Balaban J connectivity index is 2.87. The molecule has 0 aliphatic rings. The Morgan fingerprint density at radius 1 is 1.29 bits per heavy atom. The van der Waals surface area contributed by atoms with Crippen LogP contribution >= 0.6 is 7.60 Å². The summed E-state index contributed by atoms with van der Waals surface area (Å²) in [5.41, 5.74) is -0.261. The SMILES string of the molecule is COP(=O)(OCC(C)C)C(=O)c1ccccc1. The van der Waals surface area contributed by atoms with Gasteiger partial charge in [-0.25, -0.2) is 0 Å². The number of carbonyl (C=O) groups excluding carboxylic acids is 1. The quantitative estimate of drug-likeness (QED) is 0.732. The third kappa shape index (κ3) is 3.77. The molecule has 0 fully saturated rings. The highest BCUT2D eigenvalue weighted by molar-refractivity contribution is 7.72. The van der Waals surface area contributed by atoms with Crippen molar-refractivity contribution in [3.05, 3.63) is 35.9 Å². The third-order valence-electron chi connectivity index (χ3n) is 2.09. The zero-order chi connectivity index (χ0) is 12.9. The van der Waals surface area contributed by atoms with E-state index in [9.17, 15) is 9.36 Å². The van der Waals surface area contributed by atoms with Gasteiger partial charge in [0.2, 0.25) is 0 Å². The number of benzene rings is 1. The molecule has 1 aromatic rings. The van der Waals surface area contributed by atoms with E-state index >= 15 is 0 Å². The Morgan fingerprint density at radius 3 is 2.35 bits per heavy atom. The van der Waals surface area contributed by atoms with Crippen LogP contribution in [-0.4, -0.2) is 19.2 Å². The third-order valence-corrected chi connectivity index (χ3v) is 3.81. The lowest BCUT2D eigenvalue weighted by Gasteiger charge is -2.16. The second kappa shape index (κ2) is 6.10. The fourth-order valence-electron chi connectivity index (χ4n) is 1.18. The van der Waals surface area contributed by atoms with Crippen molar-refractivity contribution in [1.82, 2.24) is 0 Å². The van der Waals surface area contributed by atoms with Gasteiger partial charge in [0.1, 0.15) is 0 Å². The maximum Gasteiger partial charge on any atom is 0.401 e. The molecular formula is C12H17O4P. The van der Waals surface area contributed by atoms with E-state index in [2.05, 4.69) is 0 Å². The van der Waals surface area contributed by atoms with Crippen molar-refractivity contribution in [2.75, 3.05) is 13.7 Å². The minimum atomic E-state index is -3.71. The first-order valence-corrected chi connectivity index (χ1v) is 6.94. The molecule has 1 unspecified atom stereocenters. The normalized spacial score (nSPS) is 14.6. The largest absolute Gasteiger partial charge is 0.401 e. The fourth-order valence-corrected chi connectivity index (χ4v) is 2.53. The summed E-state index contributed by atoms with van der Waals surface area (Å²) >= 11 is 0. The van der Waals surface area contributed by atoms with E-state index in [1.54, 1.807) is 30.3 Å². The van der Waals surface area contributed by atoms with Crippen LogP contribution in [0.1, 0.15) is 24.2 Å². The summed E-state index contributed by atoms with van der Waals surface area (Å²) in [6, 6.07) is 8.37. The van der Waals surface area contributed by atoms with Crippen LogP contribution in [0.3, 0.4) is 0 Å². The van der Waals surface area contributed by atoms with Crippen molar-refractivity contribution in [2.45, 2.75) is 13.8 Å². The maximum atomic E-state index is 12.2. The highest BCUT2D eigenvalue weighted by Gasteiger charge is 2.34. The van der Waals surface area contributed by atoms with Gasteiger partial charge in [-0.1, -0.05) is 44.2 Å². The molecule has 0 aliphatic carbocycles. The number of rotatable bonds is 6. The Kier molecular flexibility index (Phi) is 5.06. The zero-order valence-electron chi connectivity index (χ0n) is 10.3. The molecular weight excluding hydrogens is 239 g/mol. The van der Waals surface area contributed by atoms with Crippen LogP contribution in [0.15, 0.2) is 30.3 Å². The lowest BCUT2D eigenvalue weighted by atomic mass is 10.2. The molecule has 0 aliphatic heterocycles. The topological polar surface area (TPSA) is 52.6 Å². The molecule has 0 N–H and O–H groups in total. The van der Waals surface area contributed by atoms with Gasteiger partial charge in [-0.3, -0.25) is 9.36 Å². The van der Waals surface area contributed by atoms with Crippen LogP contribution in [0, 0.1) is 5.92 Å². The molecule has 17 heavy (non-hydrogen) atoms. The molecule has 1 rings (SSSR count). The summed E-state index contributed by atoms with van der Waals surface area (Å²) in [5, 5.41) is 0. The molecule has 0 bridgehead atoms. The fraction of sp³-hybridized carbons (Fsp3) is 0.417. The Hall–Kier alpha value is -0.960. The van der Waals surface area contributed by atoms with Crippen LogP contribution in [0.25, 0.3) is 0 Å². The molecule has 1 aromatic carbocycles. The van der Waals surface area contributed by atoms with Gasteiger partial charge in [0.25, 0.3) is 5.52 Å². The van der Waals surface area contributed by atoms with Gasteiger partial charge in [0.15, 0.2) is 0 Å². The van der Waals surface area contributed by atoms with Gasteiger partial charge in [-0.15, -0.1) is 0 Å². The van der Waals surface area contributed by atoms with Gasteiger partial charge in [0.05, 0.1) is 6.61 Å². The highest BCUT2D eigenvalue weighted by atomic mass is 31.2. The molecule has 0 aromatic heterocycles. The van der Waals surface area contributed by atoms with Crippen LogP contribution in [0.4, 0.5) is 0 Å². The second-order valence-electron chi connectivity index (χ2n) is 4.04. The molecule has 1 atom stereocenters. The van der Waals surface area contributed by atoms with Crippen molar-refractivity contribution < 1.29 is 18.4 Å². The van der Waals surface area contributed by atoms with Crippen LogP contribution < -0.4 is 0 Å². The maximum absolute atomic E-state index is 12.2. The van der Waals surface area contributed by atoms with Crippen molar-refractivity contribution >= 4 is 13.1 Å². The molecule has 0 radical (unpaired) electrons. The first-order chi connectivity index (χ1) is 7.99.